The average molecular weight is 376 g/mol. The van der Waals surface area contributed by atoms with Crippen molar-refractivity contribution in [3.05, 3.63) is 33.3 Å². The first kappa shape index (κ1) is 15.7. The van der Waals surface area contributed by atoms with E-state index in [0.29, 0.717) is 26.6 Å². The van der Waals surface area contributed by atoms with Gasteiger partial charge in [-0.05, 0) is 47.0 Å². The normalized spacial score (nSPS) is 15.3. The first-order valence-electron chi connectivity index (χ1n) is 6.53. The number of hydrogen-bond donors (Lipinski definition) is 1. The molecular formula is C14H16BrClN2OS. The van der Waals surface area contributed by atoms with Crippen LogP contribution in [0.4, 0.5) is 0 Å². The summed E-state index contributed by atoms with van der Waals surface area (Å²) < 4.78 is 0.715. The van der Waals surface area contributed by atoms with E-state index in [4.69, 9.17) is 29.6 Å². The van der Waals surface area contributed by atoms with Gasteiger partial charge in [0, 0.05) is 16.1 Å². The van der Waals surface area contributed by atoms with Crippen LogP contribution in [0, 0.1) is 0 Å². The molecular weight excluding hydrogens is 360 g/mol. The summed E-state index contributed by atoms with van der Waals surface area (Å²) in [5.74, 6) is -0.0398. The van der Waals surface area contributed by atoms with E-state index < -0.39 is 0 Å². The van der Waals surface area contributed by atoms with E-state index in [9.17, 15) is 4.79 Å². The molecule has 0 radical (unpaired) electrons. The highest BCUT2D eigenvalue weighted by Gasteiger charge is 2.28. The molecule has 1 aromatic rings. The van der Waals surface area contributed by atoms with E-state index in [-0.39, 0.29) is 11.9 Å². The van der Waals surface area contributed by atoms with Crippen molar-refractivity contribution in [3.8, 4) is 0 Å². The zero-order chi connectivity index (χ0) is 14.7. The van der Waals surface area contributed by atoms with Gasteiger partial charge in [0.1, 0.15) is 0 Å². The van der Waals surface area contributed by atoms with Gasteiger partial charge in [-0.3, -0.25) is 4.79 Å². The van der Waals surface area contributed by atoms with Crippen LogP contribution in [-0.4, -0.2) is 28.4 Å². The van der Waals surface area contributed by atoms with Gasteiger partial charge >= 0.3 is 0 Å². The molecule has 0 saturated heterocycles. The number of benzene rings is 1. The van der Waals surface area contributed by atoms with E-state index in [1.807, 2.05) is 0 Å². The van der Waals surface area contributed by atoms with Crippen molar-refractivity contribution in [2.45, 2.75) is 31.7 Å². The van der Waals surface area contributed by atoms with E-state index >= 15 is 0 Å². The van der Waals surface area contributed by atoms with E-state index in [1.165, 1.54) is 0 Å². The quantitative estimate of drug-likeness (QED) is 0.815. The van der Waals surface area contributed by atoms with Crippen molar-refractivity contribution in [1.29, 1.82) is 0 Å². The Bertz CT molecular complexity index is 532. The number of halogens is 2. The number of hydrogen-bond acceptors (Lipinski definition) is 2. The predicted octanol–water partition coefficient (Wildman–Crippen LogP) is 3.77. The summed E-state index contributed by atoms with van der Waals surface area (Å²) in [5.41, 5.74) is 6.24. The van der Waals surface area contributed by atoms with Crippen molar-refractivity contribution in [2.75, 3.05) is 6.54 Å². The Morgan fingerprint density at radius 2 is 2.10 bits per heavy atom. The fourth-order valence-electron chi connectivity index (χ4n) is 2.55. The van der Waals surface area contributed by atoms with E-state index in [2.05, 4.69) is 15.9 Å². The Balaban J connectivity index is 2.24. The number of thiocarbonyl (C=S) groups is 1. The van der Waals surface area contributed by atoms with Gasteiger partial charge in [0.15, 0.2) is 0 Å². The molecule has 2 rings (SSSR count). The molecule has 1 aromatic carbocycles. The highest BCUT2D eigenvalue weighted by molar-refractivity contribution is 9.10. The molecule has 0 spiro atoms. The lowest BCUT2D eigenvalue weighted by atomic mass is 10.1. The van der Waals surface area contributed by atoms with Gasteiger partial charge < -0.3 is 10.6 Å². The van der Waals surface area contributed by atoms with Gasteiger partial charge in [-0.2, -0.15) is 0 Å². The van der Waals surface area contributed by atoms with Crippen LogP contribution < -0.4 is 5.73 Å². The maximum atomic E-state index is 12.7. The van der Waals surface area contributed by atoms with Crippen LogP contribution >= 0.6 is 39.7 Å². The monoisotopic (exact) mass is 374 g/mol. The van der Waals surface area contributed by atoms with Crippen molar-refractivity contribution < 1.29 is 4.79 Å². The van der Waals surface area contributed by atoms with Gasteiger partial charge in [-0.25, -0.2) is 0 Å². The van der Waals surface area contributed by atoms with Crippen molar-refractivity contribution in [3.63, 3.8) is 0 Å². The first-order chi connectivity index (χ1) is 9.49. The van der Waals surface area contributed by atoms with E-state index in [0.717, 1.165) is 25.7 Å². The van der Waals surface area contributed by atoms with Crippen LogP contribution in [0.1, 0.15) is 36.0 Å². The molecule has 0 atom stereocenters. The molecule has 20 heavy (non-hydrogen) atoms. The minimum Gasteiger partial charge on any atom is -0.392 e. The third-order valence-electron chi connectivity index (χ3n) is 3.52. The average Bonchev–Trinajstić information content (AvgIpc) is 2.92. The van der Waals surface area contributed by atoms with Gasteiger partial charge in [-0.1, -0.05) is 36.7 Å². The standard InChI is InChI=1S/C14H16BrClN2OS/c15-11-7-9(5-6-12(11)16)14(19)18(8-13(17)20)10-3-1-2-4-10/h5-7,10H,1-4,8H2,(H2,17,20). The lowest BCUT2D eigenvalue weighted by Crippen LogP contribution is -2.43. The molecule has 108 valence electrons. The molecule has 3 nitrogen and oxygen atoms in total. The molecule has 0 aromatic heterocycles. The zero-order valence-electron chi connectivity index (χ0n) is 10.9. The van der Waals surface area contributed by atoms with Crippen molar-refractivity contribution >= 4 is 50.6 Å². The summed E-state index contributed by atoms with van der Waals surface area (Å²) in [6.07, 6.45) is 4.33. The Labute approximate surface area is 137 Å². The van der Waals surface area contributed by atoms with Gasteiger partial charge in [0.05, 0.1) is 16.6 Å². The fraction of sp³-hybridized carbons (Fsp3) is 0.429. The SMILES string of the molecule is NC(=S)CN(C(=O)c1ccc(Cl)c(Br)c1)C1CCCC1. The van der Waals surface area contributed by atoms with Gasteiger partial charge in [0.2, 0.25) is 0 Å². The second-order valence-electron chi connectivity index (χ2n) is 4.97. The van der Waals surface area contributed by atoms with E-state index in [1.54, 1.807) is 23.1 Å². The lowest BCUT2D eigenvalue weighted by Gasteiger charge is -2.28. The summed E-state index contributed by atoms with van der Waals surface area (Å²) in [7, 11) is 0. The number of nitrogens with two attached hydrogens (primary N) is 1. The number of amides is 1. The lowest BCUT2D eigenvalue weighted by molar-refractivity contribution is 0.0714. The molecule has 1 amide bonds. The van der Waals surface area contributed by atoms with Crippen LogP contribution in [0.5, 0.6) is 0 Å². The summed E-state index contributed by atoms with van der Waals surface area (Å²) in [5, 5.41) is 0.586. The van der Waals surface area contributed by atoms with Crippen LogP contribution in [0.3, 0.4) is 0 Å². The van der Waals surface area contributed by atoms with Gasteiger partial charge in [-0.15, -0.1) is 0 Å². The Hall–Kier alpha value is -0.650. The van der Waals surface area contributed by atoms with Crippen molar-refractivity contribution in [2.24, 2.45) is 5.73 Å². The molecule has 0 aliphatic heterocycles. The molecule has 0 heterocycles. The second-order valence-corrected chi connectivity index (χ2v) is 6.75. The third kappa shape index (κ3) is 3.71. The predicted molar refractivity (Wildman–Crippen MR) is 89.2 cm³/mol. The Morgan fingerprint density at radius 3 is 2.65 bits per heavy atom. The summed E-state index contributed by atoms with van der Waals surface area (Å²) >= 11 is 14.3. The van der Waals surface area contributed by atoms with Crippen LogP contribution in [-0.2, 0) is 0 Å². The number of carbonyl (C=O) groups excluding carboxylic acids is 1. The molecule has 1 aliphatic carbocycles. The number of rotatable bonds is 4. The molecule has 6 heteroatoms. The van der Waals surface area contributed by atoms with Crippen LogP contribution in [0.15, 0.2) is 22.7 Å². The Morgan fingerprint density at radius 1 is 1.45 bits per heavy atom. The molecule has 0 unspecified atom stereocenters. The zero-order valence-corrected chi connectivity index (χ0v) is 14.1. The topological polar surface area (TPSA) is 46.3 Å². The smallest absolute Gasteiger partial charge is 0.254 e. The minimum atomic E-state index is -0.0398. The molecule has 1 fully saturated rings. The number of carbonyl (C=O) groups is 1. The third-order valence-corrected chi connectivity index (χ3v) is 4.86. The van der Waals surface area contributed by atoms with Crippen LogP contribution in [0.2, 0.25) is 5.02 Å². The first-order valence-corrected chi connectivity index (χ1v) is 8.11. The minimum absolute atomic E-state index is 0.0398. The summed E-state index contributed by atoms with van der Waals surface area (Å²) in [4.78, 5) is 14.8. The molecule has 1 aliphatic rings. The molecule has 0 bridgehead atoms. The molecule has 2 N–H and O–H groups in total. The maximum Gasteiger partial charge on any atom is 0.254 e. The molecule has 1 saturated carbocycles. The second kappa shape index (κ2) is 6.87. The van der Waals surface area contributed by atoms with Gasteiger partial charge in [0.25, 0.3) is 5.91 Å². The fourth-order valence-corrected chi connectivity index (χ4v) is 3.18. The highest BCUT2D eigenvalue weighted by atomic mass is 79.9. The number of nitrogens with zero attached hydrogens (tertiary/aromatic N) is 1. The summed E-state index contributed by atoms with van der Waals surface area (Å²) in [6.45, 7) is 0.332. The summed E-state index contributed by atoms with van der Waals surface area (Å²) in [6, 6.07) is 5.42. The maximum absolute atomic E-state index is 12.7. The van der Waals surface area contributed by atoms with Crippen LogP contribution in [0.25, 0.3) is 0 Å². The largest absolute Gasteiger partial charge is 0.392 e. The Kier molecular flexibility index (Phi) is 5.41. The van der Waals surface area contributed by atoms with Crippen molar-refractivity contribution in [1.82, 2.24) is 4.90 Å². The highest BCUT2D eigenvalue weighted by Crippen LogP contribution is 2.27.